The Morgan fingerprint density at radius 2 is 1.95 bits per heavy atom. The normalized spacial score (nSPS) is 11.1. The Balaban J connectivity index is 3.25. The summed E-state index contributed by atoms with van der Waals surface area (Å²) in [6, 6.07) is 1.51. The van der Waals surface area contributed by atoms with E-state index in [0.717, 1.165) is 11.1 Å². The number of aryl methyl sites for hydroxylation is 2. The zero-order valence-corrected chi connectivity index (χ0v) is 12.9. The summed E-state index contributed by atoms with van der Waals surface area (Å²) in [6.07, 6.45) is -2.43. The molecular formula is C14H21N3O4. The predicted octanol–water partition coefficient (Wildman–Crippen LogP) is 2.58. The SMILES string of the molecule is Cc1cc(N(C(=O)O)C(=O)OC(C)(C)C)nc(C)c1CN. The summed E-state index contributed by atoms with van der Waals surface area (Å²) in [6.45, 7) is 8.78. The largest absolute Gasteiger partial charge is 0.464 e. The summed E-state index contributed by atoms with van der Waals surface area (Å²) in [5.74, 6) is 0.00366. The van der Waals surface area contributed by atoms with Crippen LogP contribution in [0, 0.1) is 13.8 Å². The van der Waals surface area contributed by atoms with Crippen molar-refractivity contribution >= 4 is 18.0 Å². The topological polar surface area (TPSA) is 106 Å². The number of imide groups is 1. The Morgan fingerprint density at radius 1 is 1.38 bits per heavy atom. The molecule has 0 saturated carbocycles. The van der Waals surface area contributed by atoms with E-state index in [2.05, 4.69) is 4.98 Å². The average molecular weight is 295 g/mol. The molecular weight excluding hydrogens is 274 g/mol. The van der Waals surface area contributed by atoms with Gasteiger partial charge in [0, 0.05) is 12.2 Å². The van der Waals surface area contributed by atoms with E-state index < -0.39 is 17.8 Å². The standard InChI is InChI=1S/C14H21N3O4/c1-8-6-11(16-9(2)10(8)7-15)17(12(18)19)13(20)21-14(3,4)5/h6H,7,15H2,1-5H3,(H,18,19). The van der Waals surface area contributed by atoms with Crippen molar-refractivity contribution in [2.45, 2.75) is 46.8 Å². The lowest BCUT2D eigenvalue weighted by Gasteiger charge is -2.24. The summed E-state index contributed by atoms with van der Waals surface area (Å²) in [5, 5.41) is 9.26. The number of rotatable bonds is 2. The quantitative estimate of drug-likeness (QED) is 0.868. The van der Waals surface area contributed by atoms with Crippen LogP contribution in [0.15, 0.2) is 6.07 Å². The first-order valence-corrected chi connectivity index (χ1v) is 6.50. The maximum Gasteiger partial charge on any atom is 0.425 e. The number of aromatic nitrogens is 1. The fraction of sp³-hybridized carbons (Fsp3) is 0.500. The summed E-state index contributed by atoms with van der Waals surface area (Å²) in [7, 11) is 0. The molecule has 0 atom stereocenters. The number of hydrogen-bond acceptors (Lipinski definition) is 5. The van der Waals surface area contributed by atoms with Crippen molar-refractivity contribution in [2.75, 3.05) is 4.90 Å². The summed E-state index contributed by atoms with van der Waals surface area (Å²) in [4.78, 5) is 28.0. The van der Waals surface area contributed by atoms with Crippen LogP contribution in [-0.2, 0) is 11.3 Å². The van der Waals surface area contributed by atoms with Gasteiger partial charge in [-0.3, -0.25) is 0 Å². The number of anilines is 1. The monoisotopic (exact) mass is 295 g/mol. The van der Waals surface area contributed by atoms with Gasteiger partial charge >= 0.3 is 12.2 Å². The van der Waals surface area contributed by atoms with E-state index in [0.29, 0.717) is 17.1 Å². The Morgan fingerprint density at radius 3 is 2.33 bits per heavy atom. The molecule has 21 heavy (non-hydrogen) atoms. The molecule has 116 valence electrons. The van der Waals surface area contributed by atoms with Gasteiger partial charge in [0.1, 0.15) is 11.4 Å². The molecule has 0 unspecified atom stereocenters. The highest BCUT2D eigenvalue weighted by Crippen LogP contribution is 2.21. The second-order valence-corrected chi connectivity index (χ2v) is 5.66. The Kier molecular flexibility index (Phi) is 4.90. The zero-order chi connectivity index (χ0) is 16.4. The minimum absolute atomic E-state index is 0.00366. The van der Waals surface area contributed by atoms with Crippen LogP contribution in [0.25, 0.3) is 0 Å². The second kappa shape index (κ2) is 6.09. The van der Waals surface area contributed by atoms with Crippen molar-refractivity contribution in [2.24, 2.45) is 5.73 Å². The first-order valence-electron chi connectivity index (χ1n) is 6.50. The van der Waals surface area contributed by atoms with Gasteiger partial charge in [-0.05, 0) is 51.8 Å². The number of pyridine rings is 1. The van der Waals surface area contributed by atoms with Crippen molar-refractivity contribution in [1.29, 1.82) is 0 Å². The third-order valence-corrected chi connectivity index (χ3v) is 2.74. The first-order chi connectivity index (χ1) is 9.56. The molecule has 0 aliphatic rings. The van der Waals surface area contributed by atoms with Gasteiger partial charge in [-0.2, -0.15) is 4.90 Å². The molecule has 1 aromatic heterocycles. The summed E-state index contributed by atoms with van der Waals surface area (Å²) < 4.78 is 5.09. The van der Waals surface area contributed by atoms with Crippen LogP contribution in [0.2, 0.25) is 0 Å². The lowest BCUT2D eigenvalue weighted by Crippen LogP contribution is -2.40. The van der Waals surface area contributed by atoms with E-state index in [1.54, 1.807) is 34.6 Å². The second-order valence-electron chi connectivity index (χ2n) is 5.66. The predicted molar refractivity (Wildman–Crippen MR) is 78.3 cm³/mol. The number of nitrogens with zero attached hydrogens (tertiary/aromatic N) is 2. The highest BCUT2D eigenvalue weighted by Gasteiger charge is 2.30. The van der Waals surface area contributed by atoms with Crippen molar-refractivity contribution < 1.29 is 19.4 Å². The van der Waals surface area contributed by atoms with Gasteiger partial charge in [0.25, 0.3) is 0 Å². The summed E-state index contributed by atoms with van der Waals surface area (Å²) in [5.41, 5.74) is 7.00. The number of carbonyl (C=O) groups excluding carboxylic acids is 1. The fourth-order valence-electron chi connectivity index (χ4n) is 1.84. The van der Waals surface area contributed by atoms with Crippen LogP contribution >= 0.6 is 0 Å². The third-order valence-electron chi connectivity index (χ3n) is 2.74. The van der Waals surface area contributed by atoms with Crippen LogP contribution in [0.4, 0.5) is 15.4 Å². The van der Waals surface area contributed by atoms with Gasteiger partial charge in [-0.25, -0.2) is 14.6 Å². The van der Waals surface area contributed by atoms with Gasteiger partial charge in [-0.1, -0.05) is 0 Å². The maximum atomic E-state index is 12.0. The van der Waals surface area contributed by atoms with Crippen LogP contribution < -0.4 is 10.6 Å². The van der Waals surface area contributed by atoms with E-state index >= 15 is 0 Å². The molecule has 0 bridgehead atoms. The molecule has 1 heterocycles. The Bertz CT molecular complexity index is 541. The van der Waals surface area contributed by atoms with Crippen molar-refractivity contribution in [1.82, 2.24) is 4.98 Å². The Labute approximate surface area is 123 Å². The highest BCUT2D eigenvalue weighted by molar-refractivity contribution is 6.07. The van der Waals surface area contributed by atoms with Gasteiger partial charge in [-0.15, -0.1) is 0 Å². The molecule has 0 aliphatic heterocycles. The minimum Gasteiger partial charge on any atom is -0.464 e. The number of carboxylic acid groups (broad SMARTS) is 1. The smallest absolute Gasteiger partial charge is 0.425 e. The zero-order valence-electron chi connectivity index (χ0n) is 12.9. The molecule has 7 nitrogen and oxygen atoms in total. The van der Waals surface area contributed by atoms with E-state index in [4.69, 9.17) is 10.5 Å². The number of carbonyl (C=O) groups is 2. The fourth-order valence-corrected chi connectivity index (χ4v) is 1.84. The maximum absolute atomic E-state index is 12.0. The van der Waals surface area contributed by atoms with Crippen LogP contribution in [0.3, 0.4) is 0 Å². The number of ether oxygens (including phenoxy) is 1. The number of hydrogen-bond donors (Lipinski definition) is 2. The molecule has 0 spiro atoms. The highest BCUT2D eigenvalue weighted by atomic mass is 16.6. The summed E-state index contributed by atoms with van der Waals surface area (Å²) >= 11 is 0. The molecule has 0 saturated heterocycles. The van der Waals surface area contributed by atoms with Crippen LogP contribution in [0.1, 0.15) is 37.6 Å². The van der Waals surface area contributed by atoms with E-state index in [-0.39, 0.29) is 5.82 Å². The molecule has 0 aromatic carbocycles. The van der Waals surface area contributed by atoms with E-state index in [9.17, 15) is 14.7 Å². The molecule has 1 aromatic rings. The van der Waals surface area contributed by atoms with E-state index in [1.165, 1.54) is 6.07 Å². The van der Waals surface area contributed by atoms with Crippen LogP contribution in [-0.4, -0.2) is 27.9 Å². The first kappa shape index (κ1) is 16.9. The molecule has 0 aliphatic carbocycles. The molecule has 3 N–H and O–H groups in total. The molecule has 1 rings (SSSR count). The molecule has 0 fully saturated rings. The number of amides is 2. The number of nitrogens with two attached hydrogens (primary N) is 1. The lowest BCUT2D eigenvalue weighted by atomic mass is 10.1. The van der Waals surface area contributed by atoms with Gasteiger partial charge in [0.15, 0.2) is 0 Å². The Hall–Kier alpha value is -2.15. The van der Waals surface area contributed by atoms with Gasteiger partial charge in [0.2, 0.25) is 0 Å². The van der Waals surface area contributed by atoms with Crippen molar-refractivity contribution in [3.63, 3.8) is 0 Å². The minimum atomic E-state index is -1.45. The molecule has 2 amide bonds. The van der Waals surface area contributed by atoms with Crippen molar-refractivity contribution in [3.05, 3.63) is 22.9 Å². The van der Waals surface area contributed by atoms with Crippen molar-refractivity contribution in [3.8, 4) is 0 Å². The lowest BCUT2D eigenvalue weighted by molar-refractivity contribution is 0.0581. The third kappa shape index (κ3) is 4.16. The van der Waals surface area contributed by atoms with Gasteiger partial charge in [0.05, 0.1) is 0 Å². The molecule has 0 radical (unpaired) electrons. The average Bonchev–Trinajstić information content (AvgIpc) is 2.25. The molecule has 7 heteroatoms. The van der Waals surface area contributed by atoms with Crippen LogP contribution in [0.5, 0.6) is 0 Å². The van der Waals surface area contributed by atoms with Gasteiger partial charge < -0.3 is 15.6 Å². The van der Waals surface area contributed by atoms with E-state index in [1.807, 2.05) is 0 Å².